The van der Waals surface area contributed by atoms with Crippen molar-refractivity contribution in [3.05, 3.63) is 30.3 Å². The monoisotopic (exact) mass is 237 g/mol. The zero-order valence-electron chi connectivity index (χ0n) is 11.1. The highest BCUT2D eigenvalue weighted by atomic mass is 16.3. The molecule has 1 aromatic rings. The Morgan fingerprint density at radius 2 is 1.29 bits per heavy atom. The van der Waals surface area contributed by atoms with Gasteiger partial charge in [-0.1, -0.05) is 18.2 Å². The maximum Gasteiger partial charge on any atom is 0.0658 e. The highest BCUT2D eigenvalue weighted by molar-refractivity contribution is 5.51. The van der Waals surface area contributed by atoms with E-state index in [0.717, 1.165) is 5.69 Å². The molecule has 3 heteroatoms. The minimum absolute atomic E-state index is 0.0331. The minimum atomic E-state index is -0.423. The van der Waals surface area contributed by atoms with E-state index in [-0.39, 0.29) is 13.2 Å². The van der Waals surface area contributed by atoms with Gasteiger partial charge in [-0.25, -0.2) is 0 Å². The van der Waals surface area contributed by atoms with E-state index in [2.05, 4.69) is 4.90 Å². The Hall–Kier alpha value is -1.06. The number of benzene rings is 1. The van der Waals surface area contributed by atoms with E-state index in [1.165, 1.54) is 0 Å². The second-order valence-electron chi connectivity index (χ2n) is 5.61. The summed E-state index contributed by atoms with van der Waals surface area (Å²) in [5.41, 5.74) is 0.159. The lowest BCUT2D eigenvalue weighted by Gasteiger charge is -2.49. The molecule has 96 valence electrons. The number of hydrogen-bond donors (Lipinski definition) is 2. The van der Waals surface area contributed by atoms with Gasteiger partial charge in [0.05, 0.1) is 24.3 Å². The first kappa shape index (κ1) is 14.0. The lowest BCUT2D eigenvalue weighted by molar-refractivity contribution is 0.150. The Balaban J connectivity index is 3.22. The summed E-state index contributed by atoms with van der Waals surface area (Å²) < 4.78 is 0. The first-order valence-corrected chi connectivity index (χ1v) is 5.92. The summed E-state index contributed by atoms with van der Waals surface area (Å²) in [5.74, 6) is 0. The van der Waals surface area contributed by atoms with Crippen molar-refractivity contribution in [2.24, 2.45) is 0 Å². The first-order valence-electron chi connectivity index (χ1n) is 5.92. The van der Waals surface area contributed by atoms with Gasteiger partial charge in [-0.15, -0.1) is 0 Å². The summed E-state index contributed by atoms with van der Waals surface area (Å²) in [6.07, 6.45) is 0. The molecular formula is C14H23NO2. The average molecular weight is 237 g/mol. The standard InChI is InChI=1S/C14H23NO2/c1-13(2,10-16)15(14(3,4)11-17)12-8-6-5-7-9-12/h5-9,16-17H,10-11H2,1-4H3. The maximum atomic E-state index is 9.56. The summed E-state index contributed by atoms with van der Waals surface area (Å²) in [6.45, 7) is 7.94. The van der Waals surface area contributed by atoms with Crippen LogP contribution in [0, 0.1) is 0 Å². The zero-order valence-corrected chi connectivity index (χ0v) is 11.1. The molecule has 0 saturated heterocycles. The van der Waals surface area contributed by atoms with Crippen LogP contribution in [0.15, 0.2) is 30.3 Å². The number of rotatable bonds is 5. The van der Waals surface area contributed by atoms with Crippen LogP contribution in [0.1, 0.15) is 27.7 Å². The van der Waals surface area contributed by atoms with Crippen LogP contribution < -0.4 is 4.90 Å². The van der Waals surface area contributed by atoms with E-state index in [9.17, 15) is 10.2 Å². The van der Waals surface area contributed by atoms with E-state index < -0.39 is 11.1 Å². The van der Waals surface area contributed by atoms with Crippen LogP contribution in [-0.4, -0.2) is 34.5 Å². The molecule has 0 unspecified atom stereocenters. The molecular weight excluding hydrogens is 214 g/mol. The predicted octanol–water partition coefficient (Wildman–Crippen LogP) is 2.03. The van der Waals surface area contributed by atoms with E-state index >= 15 is 0 Å². The number of anilines is 1. The van der Waals surface area contributed by atoms with Gasteiger partial charge in [-0.2, -0.15) is 0 Å². The predicted molar refractivity (Wildman–Crippen MR) is 71.3 cm³/mol. The third kappa shape index (κ3) is 2.99. The molecule has 0 aliphatic rings. The third-order valence-corrected chi connectivity index (χ3v) is 3.00. The minimum Gasteiger partial charge on any atom is -0.394 e. The second-order valence-corrected chi connectivity index (χ2v) is 5.61. The van der Waals surface area contributed by atoms with Crippen molar-refractivity contribution < 1.29 is 10.2 Å². The van der Waals surface area contributed by atoms with Crippen molar-refractivity contribution >= 4 is 5.69 Å². The van der Waals surface area contributed by atoms with E-state index in [1.807, 2.05) is 58.0 Å². The molecule has 0 saturated carbocycles. The molecule has 1 rings (SSSR count). The Kier molecular flexibility index (Phi) is 4.17. The van der Waals surface area contributed by atoms with Crippen LogP contribution in [-0.2, 0) is 0 Å². The van der Waals surface area contributed by atoms with Gasteiger partial charge in [0.1, 0.15) is 0 Å². The molecule has 17 heavy (non-hydrogen) atoms. The second kappa shape index (κ2) is 5.07. The van der Waals surface area contributed by atoms with Crippen molar-refractivity contribution in [2.75, 3.05) is 18.1 Å². The zero-order chi connectivity index (χ0) is 13.1. The quantitative estimate of drug-likeness (QED) is 0.823. The van der Waals surface area contributed by atoms with Gasteiger partial charge >= 0.3 is 0 Å². The number of para-hydroxylation sites is 1. The lowest BCUT2D eigenvalue weighted by atomic mass is 9.93. The van der Waals surface area contributed by atoms with Gasteiger partial charge in [0.25, 0.3) is 0 Å². The molecule has 0 heterocycles. The van der Waals surface area contributed by atoms with Gasteiger partial charge in [-0.05, 0) is 39.8 Å². The summed E-state index contributed by atoms with van der Waals surface area (Å²) in [7, 11) is 0. The molecule has 0 spiro atoms. The van der Waals surface area contributed by atoms with Crippen LogP contribution in [0.5, 0.6) is 0 Å². The van der Waals surface area contributed by atoms with Crippen molar-refractivity contribution in [2.45, 2.75) is 38.8 Å². The number of aliphatic hydroxyl groups is 2. The molecule has 1 aromatic carbocycles. The van der Waals surface area contributed by atoms with Crippen molar-refractivity contribution in [1.29, 1.82) is 0 Å². The van der Waals surface area contributed by atoms with Crippen LogP contribution >= 0.6 is 0 Å². The number of nitrogens with zero attached hydrogens (tertiary/aromatic N) is 1. The Labute approximate surface area is 104 Å². The van der Waals surface area contributed by atoms with Gasteiger partial charge in [0.2, 0.25) is 0 Å². The van der Waals surface area contributed by atoms with Crippen LogP contribution in [0.25, 0.3) is 0 Å². The lowest BCUT2D eigenvalue weighted by Crippen LogP contribution is -2.59. The van der Waals surface area contributed by atoms with E-state index in [1.54, 1.807) is 0 Å². The Bertz CT molecular complexity index is 330. The molecule has 0 aliphatic heterocycles. The topological polar surface area (TPSA) is 43.7 Å². The van der Waals surface area contributed by atoms with Crippen molar-refractivity contribution in [1.82, 2.24) is 0 Å². The van der Waals surface area contributed by atoms with Gasteiger partial charge in [0, 0.05) is 5.69 Å². The van der Waals surface area contributed by atoms with Gasteiger partial charge < -0.3 is 15.1 Å². The molecule has 0 radical (unpaired) electrons. The summed E-state index contributed by atoms with van der Waals surface area (Å²) in [6, 6.07) is 9.87. The fraction of sp³-hybridized carbons (Fsp3) is 0.571. The fourth-order valence-corrected chi connectivity index (χ4v) is 2.24. The van der Waals surface area contributed by atoms with Gasteiger partial charge in [-0.3, -0.25) is 0 Å². The number of hydrogen-bond acceptors (Lipinski definition) is 3. The molecule has 2 N–H and O–H groups in total. The van der Waals surface area contributed by atoms with Crippen molar-refractivity contribution in [3.8, 4) is 0 Å². The summed E-state index contributed by atoms with van der Waals surface area (Å²) >= 11 is 0. The third-order valence-electron chi connectivity index (χ3n) is 3.00. The fourth-order valence-electron chi connectivity index (χ4n) is 2.24. The molecule has 0 aromatic heterocycles. The largest absolute Gasteiger partial charge is 0.394 e. The van der Waals surface area contributed by atoms with Crippen LogP contribution in [0.2, 0.25) is 0 Å². The molecule has 0 aliphatic carbocycles. The Morgan fingerprint density at radius 3 is 1.65 bits per heavy atom. The average Bonchev–Trinajstić information content (AvgIpc) is 2.30. The summed E-state index contributed by atoms with van der Waals surface area (Å²) in [4.78, 5) is 2.07. The maximum absolute atomic E-state index is 9.56. The molecule has 0 atom stereocenters. The smallest absolute Gasteiger partial charge is 0.0658 e. The highest BCUT2D eigenvalue weighted by Crippen LogP contribution is 2.31. The molecule has 0 fully saturated rings. The van der Waals surface area contributed by atoms with Crippen molar-refractivity contribution in [3.63, 3.8) is 0 Å². The molecule has 0 amide bonds. The first-order chi connectivity index (χ1) is 7.85. The summed E-state index contributed by atoms with van der Waals surface area (Å²) in [5, 5.41) is 19.1. The normalized spacial score (nSPS) is 12.6. The highest BCUT2D eigenvalue weighted by Gasteiger charge is 2.37. The molecule has 3 nitrogen and oxygen atoms in total. The Morgan fingerprint density at radius 1 is 0.882 bits per heavy atom. The molecule has 0 bridgehead atoms. The van der Waals surface area contributed by atoms with E-state index in [4.69, 9.17) is 0 Å². The SMILES string of the molecule is CC(C)(CO)N(c1ccccc1)C(C)(C)CO. The van der Waals surface area contributed by atoms with Crippen LogP contribution in [0.4, 0.5) is 5.69 Å². The van der Waals surface area contributed by atoms with Gasteiger partial charge in [0.15, 0.2) is 0 Å². The van der Waals surface area contributed by atoms with Crippen LogP contribution in [0.3, 0.4) is 0 Å². The number of aliphatic hydroxyl groups excluding tert-OH is 2. The van der Waals surface area contributed by atoms with E-state index in [0.29, 0.717) is 0 Å².